The molecule has 0 bridgehead atoms. The zero-order valence-electron chi connectivity index (χ0n) is 14.1. The van der Waals surface area contributed by atoms with Gasteiger partial charge >= 0.3 is 0 Å². The molecule has 0 radical (unpaired) electrons. The van der Waals surface area contributed by atoms with Crippen LogP contribution in [0.2, 0.25) is 0 Å². The van der Waals surface area contributed by atoms with Gasteiger partial charge in [-0.3, -0.25) is 4.90 Å². The molecule has 1 saturated carbocycles. The molecule has 0 aromatic heterocycles. The molecule has 0 amide bonds. The lowest BCUT2D eigenvalue weighted by molar-refractivity contribution is 0.0838. The normalized spacial score (nSPS) is 23.5. The van der Waals surface area contributed by atoms with Crippen molar-refractivity contribution in [1.29, 1.82) is 5.26 Å². The van der Waals surface area contributed by atoms with E-state index in [1.807, 2.05) is 12.1 Å². The Morgan fingerprint density at radius 2 is 1.71 bits per heavy atom. The molecule has 0 N–H and O–H groups in total. The minimum absolute atomic E-state index is 0.748. The van der Waals surface area contributed by atoms with Gasteiger partial charge in [-0.2, -0.15) is 5.26 Å². The Kier molecular flexibility index (Phi) is 4.36. The molecule has 24 heavy (non-hydrogen) atoms. The van der Waals surface area contributed by atoms with Crippen molar-refractivity contribution >= 4 is 0 Å². The maximum absolute atomic E-state index is 8.84. The Bertz CT molecular complexity index is 708. The minimum atomic E-state index is 0.748. The van der Waals surface area contributed by atoms with E-state index in [0.29, 0.717) is 0 Å². The lowest BCUT2D eigenvalue weighted by Crippen LogP contribution is -2.45. The standard InChI is InChI=1S/C22H24N2/c23-13-17-6-8-18(9-7-17)14-24-15-19(16-24)10-11-21-12-22(21)20-4-2-1-3-5-20/h1-9,19,21-22H,10-12,14-16H2. The smallest absolute Gasteiger partial charge is 0.0991 e. The molecule has 2 aromatic rings. The second-order valence-corrected chi connectivity index (χ2v) is 7.46. The van der Waals surface area contributed by atoms with Gasteiger partial charge in [0.05, 0.1) is 11.6 Å². The van der Waals surface area contributed by atoms with Gasteiger partial charge in [0.15, 0.2) is 0 Å². The number of hydrogen-bond acceptors (Lipinski definition) is 2. The molecule has 1 saturated heterocycles. The van der Waals surface area contributed by atoms with Crippen molar-refractivity contribution < 1.29 is 0 Å². The third-order valence-electron chi connectivity index (χ3n) is 5.62. The fourth-order valence-corrected chi connectivity index (χ4v) is 4.06. The predicted molar refractivity (Wildman–Crippen MR) is 96.4 cm³/mol. The Labute approximate surface area is 144 Å². The highest BCUT2D eigenvalue weighted by Crippen LogP contribution is 2.50. The van der Waals surface area contributed by atoms with Crippen LogP contribution >= 0.6 is 0 Å². The molecule has 1 heterocycles. The molecule has 1 aliphatic heterocycles. The second kappa shape index (κ2) is 6.79. The Morgan fingerprint density at radius 1 is 0.958 bits per heavy atom. The zero-order chi connectivity index (χ0) is 16.4. The minimum Gasteiger partial charge on any atom is -0.298 e. The first-order chi connectivity index (χ1) is 11.8. The second-order valence-electron chi connectivity index (χ2n) is 7.46. The predicted octanol–water partition coefficient (Wildman–Crippen LogP) is 4.57. The summed E-state index contributed by atoms with van der Waals surface area (Å²) in [6, 6.07) is 21.2. The van der Waals surface area contributed by atoms with E-state index < -0.39 is 0 Å². The summed E-state index contributed by atoms with van der Waals surface area (Å²) >= 11 is 0. The Hall–Kier alpha value is -2.11. The first kappa shape index (κ1) is 15.4. The first-order valence-electron chi connectivity index (χ1n) is 9.08. The first-order valence-corrected chi connectivity index (χ1v) is 9.08. The van der Waals surface area contributed by atoms with Crippen LogP contribution < -0.4 is 0 Å². The van der Waals surface area contributed by atoms with E-state index in [1.165, 1.54) is 37.9 Å². The van der Waals surface area contributed by atoms with Gasteiger partial charge in [0.1, 0.15) is 0 Å². The maximum Gasteiger partial charge on any atom is 0.0991 e. The maximum atomic E-state index is 8.84. The summed E-state index contributed by atoms with van der Waals surface area (Å²) in [6.07, 6.45) is 4.18. The van der Waals surface area contributed by atoms with Gasteiger partial charge < -0.3 is 0 Å². The third kappa shape index (κ3) is 3.52. The average Bonchev–Trinajstić information content (AvgIpc) is 3.38. The van der Waals surface area contributed by atoms with Crippen molar-refractivity contribution in [2.45, 2.75) is 31.7 Å². The van der Waals surface area contributed by atoms with Gasteiger partial charge in [-0.05, 0) is 60.3 Å². The lowest BCUT2D eigenvalue weighted by Gasteiger charge is -2.39. The molecule has 0 spiro atoms. The third-order valence-corrected chi connectivity index (χ3v) is 5.62. The fraction of sp³-hybridized carbons (Fsp3) is 0.409. The summed E-state index contributed by atoms with van der Waals surface area (Å²) in [6.45, 7) is 3.50. The molecule has 2 unspecified atom stereocenters. The zero-order valence-corrected chi connectivity index (χ0v) is 14.1. The average molecular weight is 316 g/mol. The van der Waals surface area contributed by atoms with Crippen LogP contribution in [-0.2, 0) is 6.54 Å². The summed E-state index contributed by atoms with van der Waals surface area (Å²) in [5, 5.41) is 8.84. The molecule has 2 aliphatic rings. The van der Waals surface area contributed by atoms with Crippen LogP contribution in [0.1, 0.15) is 41.9 Å². The van der Waals surface area contributed by atoms with Crippen molar-refractivity contribution in [3.8, 4) is 6.07 Å². The summed E-state index contributed by atoms with van der Waals surface area (Å²) in [7, 11) is 0. The molecular weight excluding hydrogens is 292 g/mol. The van der Waals surface area contributed by atoms with E-state index in [-0.39, 0.29) is 0 Å². The van der Waals surface area contributed by atoms with Gasteiger partial charge in [0, 0.05) is 19.6 Å². The SMILES string of the molecule is N#Cc1ccc(CN2CC(CCC3CC3c3ccccc3)C2)cc1. The molecule has 2 aromatic carbocycles. The van der Waals surface area contributed by atoms with E-state index in [1.54, 1.807) is 5.56 Å². The van der Waals surface area contributed by atoms with E-state index in [2.05, 4.69) is 53.4 Å². The van der Waals surface area contributed by atoms with Crippen LogP contribution in [0.5, 0.6) is 0 Å². The highest BCUT2D eigenvalue weighted by Gasteiger charge is 2.38. The van der Waals surface area contributed by atoms with Gasteiger partial charge in [-0.25, -0.2) is 0 Å². The molecule has 2 atom stereocenters. The number of rotatable bonds is 6. The summed E-state index contributed by atoms with van der Waals surface area (Å²) < 4.78 is 0. The molecule has 122 valence electrons. The molecule has 2 nitrogen and oxygen atoms in total. The van der Waals surface area contributed by atoms with Crippen molar-refractivity contribution in [2.24, 2.45) is 11.8 Å². The Balaban J connectivity index is 1.16. The lowest BCUT2D eigenvalue weighted by atomic mass is 9.92. The summed E-state index contributed by atoms with van der Waals surface area (Å²) in [4.78, 5) is 2.52. The number of benzene rings is 2. The van der Waals surface area contributed by atoms with Gasteiger partial charge in [-0.15, -0.1) is 0 Å². The topological polar surface area (TPSA) is 27.0 Å². The Morgan fingerprint density at radius 3 is 2.42 bits per heavy atom. The highest BCUT2D eigenvalue weighted by atomic mass is 15.2. The van der Waals surface area contributed by atoms with Crippen LogP contribution in [0, 0.1) is 23.2 Å². The monoisotopic (exact) mass is 316 g/mol. The van der Waals surface area contributed by atoms with Crippen LogP contribution in [0.3, 0.4) is 0 Å². The highest BCUT2D eigenvalue weighted by molar-refractivity contribution is 5.31. The van der Waals surface area contributed by atoms with Crippen molar-refractivity contribution in [3.63, 3.8) is 0 Å². The van der Waals surface area contributed by atoms with E-state index in [9.17, 15) is 0 Å². The number of nitrogens with zero attached hydrogens (tertiary/aromatic N) is 2. The van der Waals surface area contributed by atoms with Crippen molar-refractivity contribution in [3.05, 3.63) is 71.3 Å². The molecule has 1 aliphatic carbocycles. The van der Waals surface area contributed by atoms with Gasteiger partial charge in [-0.1, -0.05) is 42.5 Å². The van der Waals surface area contributed by atoms with E-state index in [4.69, 9.17) is 5.26 Å². The number of likely N-dealkylation sites (tertiary alicyclic amines) is 1. The number of nitriles is 1. The summed E-state index contributed by atoms with van der Waals surface area (Å²) in [5.41, 5.74) is 3.61. The largest absolute Gasteiger partial charge is 0.298 e. The van der Waals surface area contributed by atoms with Crippen LogP contribution in [-0.4, -0.2) is 18.0 Å². The van der Waals surface area contributed by atoms with Gasteiger partial charge in [0.25, 0.3) is 0 Å². The van der Waals surface area contributed by atoms with Crippen LogP contribution in [0.4, 0.5) is 0 Å². The van der Waals surface area contributed by atoms with Crippen LogP contribution in [0.25, 0.3) is 0 Å². The summed E-state index contributed by atoms with van der Waals surface area (Å²) in [5.74, 6) is 2.65. The van der Waals surface area contributed by atoms with E-state index >= 15 is 0 Å². The van der Waals surface area contributed by atoms with Crippen molar-refractivity contribution in [1.82, 2.24) is 4.90 Å². The fourth-order valence-electron chi connectivity index (χ4n) is 4.06. The van der Waals surface area contributed by atoms with Crippen LogP contribution in [0.15, 0.2) is 54.6 Å². The molecule has 2 fully saturated rings. The molecule has 4 rings (SSSR count). The molecular formula is C22H24N2. The van der Waals surface area contributed by atoms with Crippen molar-refractivity contribution in [2.75, 3.05) is 13.1 Å². The van der Waals surface area contributed by atoms with Gasteiger partial charge in [0.2, 0.25) is 0 Å². The molecule has 2 heteroatoms. The number of hydrogen-bond donors (Lipinski definition) is 0. The quantitative estimate of drug-likeness (QED) is 0.780. The van der Waals surface area contributed by atoms with E-state index in [0.717, 1.165) is 29.9 Å².